The van der Waals surface area contributed by atoms with E-state index >= 15 is 0 Å². The SMILES string of the molecule is CC1CCCCN1c1ccc(CCCN(C)C)o1. The molecule has 0 spiro atoms. The van der Waals surface area contributed by atoms with Crippen molar-refractivity contribution < 1.29 is 4.42 Å². The number of nitrogens with zero attached hydrogens (tertiary/aromatic N) is 2. The first-order valence-corrected chi connectivity index (χ1v) is 7.17. The van der Waals surface area contributed by atoms with E-state index in [-0.39, 0.29) is 0 Å². The van der Waals surface area contributed by atoms with Crippen LogP contribution in [0.15, 0.2) is 16.5 Å². The highest BCUT2D eigenvalue weighted by Crippen LogP contribution is 2.26. The fourth-order valence-electron chi connectivity index (χ4n) is 2.65. The minimum absolute atomic E-state index is 0.625. The summed E-state index contributed by atoms with van der Waals surface area (Å²) in [6, 6.07) is 4.92. The lowest BCUT2D eigenvalue weighted by Gasteiger charge is -2.33. The van der Waals surface area contributed by atoms with Gasteiger partial charge in [-0.05, 0) is 59.3 Å². The van der Waals surface area contributed by atoms with E-state index in [4.69, 9.17) is 4.42 Å². The molecule has 102 valence electrons. The lowest BCUT2D eigenvalue weighted by molar-refractivity contribution is 0.385. The highest BCUT2D eigenvalue weighted by Gasteiger charge is 2.20. The highest BCUT2D eigenvalue weighted by molar-refractivity contribution is 5.38. The molecule has 18 heavy (non-hydrogen) atoms. The molecule has 0 N–H and O–H groups in total. The van der Waals surface area contributed by atoms with Crippen LogP contribution in [-0.4, -0.2) is 38.1 Å². The number of hydrogen-bond donors (Lipinski definition) is 0. The van der Waals surface area contributed by atoms with E-state index in [1.807, 2.05) is 0 Å². The molecule has 1 unspecified atom stereocenters. The molecule has 1 aromatic heterocycles. The zero-order valence-electron chi connectivity index (χ0n) is 12.0. The van der Waals surface area contributed by atoms with Crippen LogP contribution in [0.2, 0.25) is 0 Å². The first-order chi connectivity index (χ1) is 8.66. The molecule has 0 bridgehead atoms. The van der Waals surface area contributed by atoms with Crippen LogP contribution in [0.1, 0.15) is 38.4 Å². The lowest BCUT2D eigenvalue weighted by atomic mass is 10.0. The normalized spacial score (nSPS) is 20.7. The van der Waals surface area contributed by atoms with Crippen molar-refractivity contribution in [3.63, 3.8) is 0 Å². The smallest absolute Gasteiger partial charge is 0.195 e. The van der Waals surface area contributed by atoms with Crippen molar-refractivity contribution in [1.29, 1.82) is 0 Å². The maximum Gasteiger partial charge on any atom is 0.195 e. The van der Waals surface area contributed by atoms with Crippen LogP contribution in [0.3, 0.4) is 0 Å². The molecule has 1 atom stereocenters. The Kier molecular flexibility index (Phi) is 4.70. The van der Waals surface area contributed by atoms with Gasteiger partial charge in [0.05, 0.1) is 0 Å². The topological polar surface area (TPSA) is 19.6 Å². The zero-order chi connectivity index (χ0) is 13.0. The molecule has 0 radical (unpaired) electrons. The number of piperidine rings is 1. The minimum Gasteiger partial charge on any atom is -0.446 e. The summed E-state index contributed by atoms with van der Waals surface area (Å²) in [5.41, 5.74) is 0. The quantitative estimate of drug-likeness (QED) is 0.800. The van der Waals surface area contributed by atoms with Gasteiger partial charge in [0, 0.05) is 25.1 Å². The van der Waals surface area contributed by atoms with Crippen LogP contribution in [0.5, 0.6) is 0 Å². The van der Waals surface area contributed by atoms with Gasteiger partial charge < -0.3 is 14.2 Å². The third-order valence-corrected chi connectivity index (χ3v) is 3.76. The van der Waals surface area contributed by atoms with Gasteiger partial charge in [-0.1, -0.05) is 0 Å². The number of hydrogen-bond acceptors (Lipinski definition) is 3. The fourth-order valence-corrected chi connectivity index (χ4v) is 2.65. The van der Waals surface area contributed by atoms with Crippen LogP contribution in [0.25, 0.3) is 0 Å². The molecule has 1 aliphatic heterocycles. The van der Waals surface area contributed by atoms with E-state index in [1.54, 1.807) is 0 Å². The molecule has 2 heterocycles. The van der Waals surface area contributed by atoms with E-state index in [1.165, 1.54) is 19.3 Å². The van der Waals surface area contributed by atoms with Crippen molar-refractivity contribution in [2.24, 2.45) is 0 Å². The van der Waals surface area contributed by atoms with E-state index in [2.05, 4.69) is 43.0 Å². The predicted octanol–water partition coefficient (Wildman–Crippen LogP) is 3.15. The van der Waals surface area contributed by atoms with Crippen molar-refractivity contribution in [2.45, 2.75) is 45.1 Å². The molecule has 0 aromatic carbocycles. The summed E-state index contributed by atoms with van der Waals surface area (Å²) in [7, 11) is 4.23. The average Bonchev–Trinajstić information content (AvgIpc) is 2.78. The molecule has 3 heteroatoms. The monoisotopic (exact) mass is 250 g/mol. The van der Waals surface area contributed by atoms with Gasteiger partial charge in [0.15, 0.2) is 5.88 Å². The van der Waals surface area contributed by atoms with Crippen LogP contribution in [-0.2, 0) is 6.42 Å². The Morgan fingerprint density at radius 2 is 2.17 bits per heavy atom. The molecule has 3 nitrogen and oxygen atoms in total. The first kappa shape index (κ1) is 13.5. The Morgan fingerprint density at radius 3 is 2.89 bits per heavy atom. The number of aryl methyl sites for hydroxylation is 1. The Hall–Kier alpha value is -0.960. The summed E-state index contributed by atoms with van der Waals surface area (Å²) in [5.74, 6) is 2.20. The molecule has 1 aromatic rings. The molecule has 0 saturated carbocycles. The summed E-state index contributed by atoms with van der Waals surface area (Å²) in [4.78, 5) is 4.63. The highest BCUT2D eigenvalue weighted by atomic mass is 16.4. The van der Waals surface area contributed by atoms with Gasteiger partial charge in [0.1, 0.15) is 5.76 Å². The van der Waals surface area contributed by atoms with Crippen molar-refractivity contribution in [3.05, 3.63) is 17.9 Å². The Labute approximate surface area is 111 Å². The molecule has 2 rings (SSSR count). The zero-order valence-corrected chi connectivity index (χ0v) is 12.0. The van der Waals surface area contributed by atoms with Crippen molar-refractivity contribution in [2.75, 3.05) is 32.1 Å². The molecular weight excluding hydrogens is 224 g/mol. The van der Waals surface area contributed by atoms with E-state index in [0.29, 0.717) is 6.04 Å². The number of rotatable bonds is 5. The standard InChI is InChI=1S/C15H26N2O/c1-13-7-4-5-12-17(13)15-10-9-14(18-15)8-6-11-16(2)3/h9-10,13H,4-8,11-12H2,1-3H3. The predicted molar refractivity (Wildman–Crippen MR) is 76.2 cm³/mol. The average molecular weight is 250 g/mol. The molecule has 0 aliphatic carbocycles. The molecule has 1 aliphatic rings. The summed E-state index contributed by atoms with van der Waals surface area (Å²) in [6.45, 7) is 4.56. The second-order valence-corrected chi connectivity index (χ2v) is 5.68. The van der Waals surface area contributed by atoms with Crippen molar-refractivity contribution in [3.8, 4) is 0 Å². The third-order valence-electron chi connectivity index (χ3n) is 3.76. The summed E-state index contributed by atoms with van der Waals surface area (Å²) in [5, 5.41) is 0. The number of furan rings is 1. The van der Waals surface area contributed by atoms with E-state index in [9.17, 15) is 0 Å². The van der Waals surface area contributed by atoms with Crippen LogP contribution < -0.4 is 4.90 Å². The largest absolute Gasteiger partial charge is 0.446 e. The van der Waals surface area contributed by atoms with Gasteiger partial charge >= 0.3 is 0 Å². The lowest BCUT2D eigenvalue weighted by Crippen LogP contribution is -2.37. The second-order valence-electron chi connectivity index (χ2n) is 5.68. The first-order valence-electron chi connectivity index (χ1n) is 7.17. The second kappa shape index (κ2) is 6.28. The van der Waals surface area contributed by atoms with Gasteiger partial charge in [-0.2, -0.15) is 0 Å². The Bertz CT molecular complexity index is 359. The van der Waals surface area contributed by atoms with Crippen molar-refractivity contribution in [1.82, 2.24) is 4.90 Å². The van der Waals surface area contributed by atoms with Gasteiger partial charge in [0.25, 0.3) is 0 Å². The number of anilines is 1. The van der Waals surface area contributed by atoms with Gasteiger partial charge in [-0.3, -0.25) is 0 Å². The Morgan fingerprint density at radius 1 is 1.33 bits per heavy atom. The van der Waals surface area contributed by atoms with Gasteiger partial charge in [-0.25, -0.2) is 0 Å². The fraction of sp³-hybridized carbons (Fsp3) is 0.733. The minimum atomic E-state index is 0.625. The maximum atomic E-state index is 5.98. The Balaban J connectivity index is 1.88. The summed E-state index contributed by atoms with van der Waals surface area (Å²) < 4.78 is 5.98. The van der Waals surface area contributed by atoms with Crippen LogP contribution in [0.4, 0.5) is 5.88 Å². The van der Waals surface area contributed by atoms with E-state index in [0.717, 1.165) is 37.6 Å². The third kappa shape index (κ3) is 3.52. The molecule has 0 amide bonds. The summed E-state index contributed by atoms with van der Waals surface area (Å²) in [6.07, 6.45) is 6.14. The molecule has 1 fully saturated rings. The van der Waals surface area contributed by atoms with Crippen molar-refractivity contribution >= 4 is 5.88 Å². The molecule has 1 saturated heterocycles. The van der Waals surface area contributed by atoms with Gasteiger partial charge in [-0.15, -0.1) is 0 Å². The van der Waals surface area contributed by atoms with Crippen LogP contribution in [0, 0.1) is 0 Å². The van der Waals surface area contributed by atoms with Gasteiger partial charge in [0.2, 0.25) is 0 Å². The van der Waals surface area contributed by atoms with E-state index < -0.39 is 0 Å². The summed E-state index contributed by atoms with van der Waals surface area (Å²) >= 11 is 0. The maximum absolute atomic E-state index is 5.98. The molecular formula is C15H26N2O. The van der Waals surface area contributed by atoms with Crippen LogP contribution >= 0.6 is 0 Å².